The minimum atomic E-state index is -0.767. The van der Waals surface area contributed by atoms with Crippen LogP contribution in [0.5, 0.6) is 0 Å². The molecule has 32 atom stereocenters. The molecule has 4 amide bonds. The normalized spacial score (nSPS) is 43.2. The third-order valence-corrected chi connectivity index (χ3v) is 33.1. The molecule has 16 saturated heterocycles. The van der Waals surface area contributed by atoms with Crippen LogP contribution >= 0.6 is 0 Å². The summed E-state index contributed by atoms with van der Waals surface area (Å²) in [5.74, 6) is 3.41. The summed E-state index contributed by atoms with van der Waals surface area (Å²) in [6.07, 6.45) is 25.7. The molecule has 692 valence electrons. The largest absolute Gasteiger partial charge is 0.352 e. The molecule has 24 rings (SSSR count). The second-order valence-electron chi connectivity index (χ2n) is 41.6. The van der Waals surface area contributed by atoms with E-state index in [1.807, 2.05) is 116 Å². The number of anilines is 2. The fourth-order valence-corrected chi connectivity index (χ4v) is 25.6. The number of aryl methyl sites for hydroxylation is 4. The standard InChI is InChI=1S/2C25H36N2O5.2C24H34N2O5/c1-15-5-8-20-17(3)21(9-10-22(28)27-14-18-7-6-16(2)26-13-18)29-23-25(20)19(15)11-12-24(4,30-23)31-32-25;1-15-5-7-18(26-13-15)14-27-22(28)10-9-21-17(3)20-8-6-16(2)19-11-12-24(4)30-23(29-21)25(19,20)32-31-24;1-14-5-9-20(25-13-14)26-21(27)10-8-19-16(3)18-7-6-15(2)17-11-12-23(4)29-22(28-19)24(17,18)31-30-23;1-14-5-8-19-16(3)20(9-10-21(27)26-17-7-6-15(2)25-13-17)28-22-24(19)18(14)11-12-23(4,29-22)30-31-24/h6-7,13,15,17,19-21,23H,5,8-12,14H2,1-4H3,(H,27,28);5,7,13,16-17,19-21,23H,6,8-12,14H2,1-4H3,(H,27,28);5,9,13,15-19,22H,6-8,10-12H2,1-4H3,(H,25,26,27);6-7,13-14,16,18-20,22H,5,8-12H2,1-4H3,(H,26,27)/t15-,17-,19+,20+,21-,23-,24+,25-;16-,17-,19+,20+,21-,23-,24+,25-;15-,16-,17+,18+,19-,22-,23+,24-;14-,16-,18+,19+,20-,22-,23+,24-/m1111/s1. The Labute approximate surface area is 743 Å². The SMILES string of the molecule is Cc1ccc(CNC(=O)CC[C@H]2O[C@@H]3O[C@]4(C)CC[C@H]5[C@H](C)CC[C@@H]([C@H]2C)[C@@]35OO4)cn1.Cc1ccc(CNC(=O)CC[C@H]2O[C@@H]3O[C@]4(C)CC[C@H]5[C@H](C)CC[C@@H]([C@H]2C)[C@@]35OO4)nc1.Cc1ccc(NC(=O)CC[C@H]2O[C@@H]3O[C@]4(C)CC[C@H]5[C@H](C)CC[C@@H]([C@H]2C)[C@@]35OO4)cn1.Cc1ccc(NC(=O)CC[C@H]2O[C@@H]3O[C@]4(C)CC[C@H]5[C@H](C)CC[C@@H]([C@H]2C)[C@@]35OO4)nc1. The average Bonchev–Trinajstić information content (AvgIpc) is 1.43. The van der Waals surface area contributed by atoms with Crippen LogP contribution in [0.1, 0.15) is 271 Å². The molecule has 126 heavy (non-hydrogen) atoms. The number of rotatable bonds is 18. The number of carbonyl (C=O) groups is 4. The van der Waals surface area contributed by atoms with Crippen molar-refractivity contribution in [1.29, 1.82) is 0 Å². The number of nitrogens with one attached hydrogen (secondary N) is 4. The fraction of sp³-hybridized carbons (Fsp3) is 0.755. The third kappa shape index (κ3) is 17.9. The van der Waals surface area contributed by atoms with Crippen molar-refractivity contribution in [2.45, 2.75) is 373 Å². The predicted molar refractivity (Wildman–Crippen MR) is 461 cm³/mol. The number of hydrogen-bond donors (Lipinski definition) is 4. The van der Waals surface area contributed by atoms with Crippen LogP contribution in [-0.4, -0.2) is 139 Å². The van der Waals surface area contributed by atoms with E-state index in [1.54, 1.807) is 12.4 Å². The molecule has 4 N–H and O–H groups in total. The summed E-state index contributed by atoms with van der Waals surface area (Å²) < 4.78 is 51.8. The van der Waals surface area contributed by atoms with Gasteiger partial charge in [0.2, 0.25) is 46.8 Å². The average molecular weight is 1750 g/mol. The van der Waals surface area contributed by atoms with Gasteiger partial charge in [-0.2, -0.15) is 0 Å². The van der Waals surface area contributed by atoms with E-state index < -0.39 is 70.7 Å². The van der Waals surface area contributed by atoms with Gasteiger partial charge in [0.25, 0.3) is 0 Å². The van der Waals surface area contributed by atoms with Crippen molar-refractivity contribution in [3.8, 4) is 0 Å². The molecule has 4 aromatic heterocycles. The Balaban J connectivity index is 0.000000119. The van der Waals surface area contributed by atoms with E-state index in [0.717, 1.165) is 117 Å². The van der Waals surface area contributed by atoms with Crippen LogP contribution < -0.4 is 21.3 Å². The quantitative estimate of drug-likeness (QED) is 0.0673. The second kappa shape index (κ2) is 36.8. The van der Waals surface area contributed by atoms with E-state index in [4.69, 9.17) is 77.0 Å². The van der Waals surface area contributed by atoms with Gasteiger partial charge in [0.15, 0.2) is 47.6 Å². The van der Waals surface area contributed by atoms with Crippen LogP contribution in [0.4, 0.5) is 11.5 Å². The van der Waals surface area contributed by atoms with Crippen molar-refractivity contribution in [3.63, 3.8) is 0 Å². The van der Waals surface area contributed by atoms with E-state index >= 15 is 0 Å². The molecule has 8 bridgehead atoms. The van der Waals surface area contributed by atoms with Gasteiger partial charge >= 0.3 is 0 Å². The smallest absolute Gasteiger partial charge is 0.225 e. The lowest BCUT2D eigenvalue weighted by Crippen LogP contribution is -2.70. The fourth-order valence-electron chi connectivity index (χ4n) is 25.6. The first-order valence-electron chi connectivity index (χ1n) is 47.8. The number of fused-ring (bicyclic) bond motifs is 8. The number of amides is 4. The lowest BCUT2D eigenvalue weighted by atomic mass is 9.57. The molecule has 4 aromatic rings. The van der Waals surface area contributed by atoms with Crippen LogP contribution in [0.15, 0.2) is 73.3 Å². The van der Waals surface area contributed by atoms with Crippen molar-refractivity contribution >= 4 is 35.1 Å². The zero-order valence-corrected chi connectivity index (χ0v) is 77.1. The molecule has 28 heteroatoms. The molecule has 4 spiro atoms. The van der Waals surface area contributed by atoms with Crippen LogP contribution in [-0.2, 0) is 109 Å². The number of ether oxygens (including phenoxy) is 8. The van der Waals surface area contributed by atoms with Crippen LogP contribution in [0.3, 0.4) is 0 Å². The minimum absolute atomic E-state index is 0.0215. The molecule has 0 unspecified atom stereocenters. The van der Waals surface area contributed by atoms with Gasteiger partial charge in [-0.15, -0.1) is 0 Å². The lowest BCUT2D eigenvalue weighted by Gasteiger charge is -2.60. The summed E-state index contributed by atoms with van der Waals surface area (Å²) >= 11 is 0. The number of carbonyl (C=O) groups excluding carboxylic acids is 4. The molecule has 20 heterocycles. The highest BCUT2D eigenvalue weighted by Crippen LogP contribution is 2.66. The first-order chi connectivity index (χ1) is 60.2. The van der Waals surface area contributed by atoms with E-state index in [0.29, 0.717) is 141 Å². The molecule has 0 radical (unpaired) electrons. The van der Waals surface area contributed by atoms with Gasteiger partial charge in [0.05, 0.1) is 48.5 Å². The Morgan fingerprint density at radius 2 is 0.683 bits per heavy atom. The Morgan fingerprint density at radius 1 is 0.341 bits per heavy atom. The molecule has 20 aliphatic rings. The molecule has 4 saturated carbocycles. The van der Waals surface area contributed by atoms with Gasteiger partial charge in [-0.1, -0.05) is 73.6 Å². The molecule has 0 aromatic carbocycles. The number of hydrogen-bond acceptors (Lipinski definition) is 24. The summed E-state index contributed by atoms with van der Waals surface area (Å²) in [6.45, 7) is 34.8. The molecule has 20 fully saturated rings. The van der Waals surface area contributed by atoms with Crippen molar-refractivity contribution in [1.82, 2.24) is 30.6 Å². The van der Waals surface area contributed by atoms with Crippen LogP contribution in [0.25, 0.3) is 0 Å². The maximum absolute atomic E-state index is 12.5. The van der Waals surface area contributed by atoms with Crippen LogP contribution in [0.2, 0.25) is 0 Å². The van der Waals surface area contributed by atoms with Crippen LogP contribution in [0, 0.1) is 122 Å². The van der Waals surface area contributed by atoms with Crippen molar-refractivity contribution in [2.24, 2.45) is 94.7 Å². The van der Waals surface area contributed by atoms with Crippen molar-refractivity contribution < 1.29 is 96.2 Å². The van der Waals surface area contributed by atoms with E-state index in [-0.39, 0.29) is 71.7 Å². The van der Waals surface area contributed by atoms with Gasteiger partial charge in [-0.25, -0.2) is 44.1 Å². The summed E-state index contributed by atoms with van der Waals surface area (Å²) in [5, 5.41) is 11.8. The molecule has 4 aliphatic carbocycles. The lowest BCUT2D eigenvalue weighted by molar-refractivity contribution is -0.571. The van der Waals surface area contributed by atoms with Gasteiger partial charge in [0, 0.05) is 112 Å². The summed E-state index contributed by atoms with van der Waals surface area (Å²) in [5.41, 5.74) is 4.50. The number of aromatic nitrogens is 4. The third-order valence-electron chi connectivity index (χ3n) is 33.1. The maximum atomic E-state index is 12.5. The van der Waals surface area contributed by atoms with Crippen molar-refractivity contribution in [2.75, 3.05) is 10.6 Å². The summed E-state index contributed by atoms with van der Waals surface area (Å²) in [6, 6.07) is 15.4. The van der Waals surface area contributed by atoms with E-state index in [9.17, 15) is 19.2 Å². The Morgan fingerprint density at radius 3 is 1.02 bits per heavy atom. The highest BCUT2D eigenvalue weighted by Gasteiger charge is 2.74. The maximum Gasteiger partial charge on any atom is 0.225 e. The summed E-state index contributed by atoms with van der Waals surface area (Å²) in [4.78, 5) is 116. The Kier molecular flexibility index (Phi) is 26.8. The first kappa shape index (κ1) is 91.7. The molecular formula is C98H140N8O20. The zero-order valence-electron chi connectivity index (χ0n) is 77.1. The van der Waals surface area contributed by atoms with Gasteiger partial charge in [-0.3, -0.25) is 34.1 Å². The molecular weight excluding hydrogens is 1610 g/mol. The van der Waals surface area contributed by atoms with Crippen molar-refractivity contribution in [3.05, 3.63) is 107 Å². The number of pyridine rings is 4. The summed E-state index contributed by atoms with van der Waals surface area (Å²) in [7, 11) is 0. The number of nitrogens with zero attached hydrogens (tertiary/aromatic N) is 4. The zero-order chi connectivity index (χ0) is 88.6. The highest BCUT2D eigenvalue weighted by atomic mass is 17.3. The first-order valence-corrected chi connectivity index (χ1v) is 47.8. The Hall–Kier alpha value is -6.16. The van der Waals surface area contributed by atoms with Gasteiger partial charge < -0.3 is 59.2 Å². The molecule has 28 nitrogen and oxygen atoms in total. The topological polar surface area (TPSA) is 316 Å². The van der Waals surface area contributed by atoms with Gasteiger partial charge in [0.1, 0.15) is 5.82 Å². The second-order valence-corrected chi connectivity index (χ2v) is 41.6. The minimum Gasteiger partial charge on any atom is -0.352 e. The predicted octanol–water partition coefficient (Wildman–Crippen LogP) is 16.8. The van der Waals surface area contributed by atoms with E-state index in [2.05, 4.69) is 96.6 Å². The van der Waals surface area contributed by atoms with E-state index in [1.165, 1.54) is 25.7 Å². The molecule has 16 aliphatic heterocycles. The Bertz CT molecular complexity index is 4190. The highest BCUT2D eigenvalue weighted by molar-refractivity contribution is 5.90. The van der Waals surface area contributed by atoms with Gasteiger partial charge in [-0.05, 0) is 276 Å². The monoisotopic (exact) mass is 1750 g/mol.